The van der Waals surface area contributed by atoms with Gasteiger partial charge in [0.25, 0.3) is 5.91 Å². The minimum Gasteiger partial charge on any atom is -0.273 e. The molecule has 2 aliphatic rings. The number of nitrogens with zero attached hydrogens (tertiary/aromatic N) is 1. The number of rotatable bonds is 3. The van der Waals surface area contributed by atoms with Crippen molar-refractivity contribution in [3.05, 3.63) is 21.4 Å². The maximum Gasteiger partial charge on any atom is 0.279 e. The Balaban J connectivity index is 1.51. The second-order valence-corrected chi connectivity index (χ2v) is 10.5. The molecule has 0 atom stereocenters. The van der Waals surface area contributed by atoms with Crippen LogP contribution in [-0.4, -0.2) is 43.9 Å². The highest BCUT2D eigenvalue weighted by Crippen LogP contribution is 2.28. The van der Waals surface area contributed by atoms with E-state index in [9.17, 15) is 18.0 Å². The monoisotopic (exact) mass is 413 g/mol. The van der Waals surface area contributed by atoms with Gasteiger partial charge in [-0.25, -0.2) is 12.7 Å². The summed E-state index contributed by atoms with van der Waals surface area (Å²) in [7, 11) is -3.21. The van der Waals surface area contributed by atoms with Crippen LogP contribution in [0.1, 0.15) is 58.6 Å². The second kappa shape index (κ2) is 8.70. The molecule has 1 aliphatic heterocycles. The van der Waals surface area contributed by atoms with E-state index in [0.717, 1.165) is 25.7 Å². The van der Waals surface area contributed by atoms with Crippen LogP contribution >= 0.6 is 11.3 Å². The van der Waals surface area contributed by atoms with E-state index < -0.39 is 10.0 Å². The zero-order valence-electron chi connectivity index (χ0n) is 15.6. The molecule has 0 unspecified atom stereocenters. The fourth-order valence-corrected chi connectivity index (χ4v) is 5.71. The van der Waals surface area contributed by atoms with E-state index in [4.69, 9.17) is 0 Å². The third-order valence-electron chi connectivity index (χ3n) is 5.31. The molecule has 1 saturated heterocycles. The minimum absolute atomic E-state index is 0.258. The quantitative estimate of drug-likeness (QED) is 0.739. The number of carbonyl (C=O) groups excluding carboxylic acids is 2. The first-order chi connectivity index (χ1) is 12.8. The van der Waals surface area contributed by atoms with Crippen molar-refractivity contribution >= 4 is 33.2 Å². The Morgan fingerprint density at radius 3 is 2.41 bits per heavy atom. The molecule has 1 aliphatic carbocycles. The molecule has 0 radical (unpaired) electrons. The van der Waals surface area contributed by atoms with Crippen molar-refractivity contribution in [1.29, 1.82) is 0 Å². The van der Waals surface area contributed by atoms with Crippen molar-refractivity contribution in [1.82, 2.24) is 15.2 Å². The van der Waals surface area contributed by atoms with Gasteiger partial charge in [0.05, 0.1) is 11.1 Å². The van der Waals surface area contributed by atoms with E-state index in [1.165, 1.54) is 45.2 Å². The number of aryl methyl sites for hydroxylation is 2. The number of hydrogen-bond acceptors (Lipinski definition) is 5. The normalized spacial score (nSPS) is 19.6. The van der Waals surface area contributed by atoms with Gasteiger partial charge in [0, 0.05) is 23.9 Å². The summed E-state index contributed by atoms with van der Waals surface area (Å²) in [5, 5.41) is 0. The highest BCUT2D eigenvalue weighted by Gasteiger charge is 2.29. The first-order valence-corrected chi connectivity index (χ1v) is 12.2. The molecule has 150 valence electrons. The number of amides is 2. The SMILES string of the molecule is CS(=O)(=O)N1CCC(C(=O)NNC(=O)c2cc3c(s2)CCCCCC3)CC1. The summed E-state index contributed by atoms with van der Waals surface area (Å²) in [5.41, 5.74) is 6.30. The zero-order chi connectivity index (χ0) is 19.4. The molecule has 3 rings (SSSR count). The van der Waals surface area contributed by atoms with Gasteiger partial charge in [-0.1, -0.05) is 12.8 Å². The van der Waals surface area contributed by atoms with E-state index in [1.54, 1.807) is 0 Å². The van der Waals surface area contributed by atoms with E-state index in [0.29, 0.717) is 30.8 Å². The summed E-state index contributed by atoms with van der Waals surface area (Å²) in [6.07, 6.45) is 8.95. The Bertz CT molecular complexity index is 770. The summed E-state index contributed by atoms with van der Waals surface area (Å²) < 4.78 is 24.4. The number of hydrogen-bond donors (Lipinski definition) is 2. The van der Waals surface area contributed by atoms with Crippen LogP contribution in [0.2, 0.25) is 0 Å². The molecule has 0 aromatic carbocycles. The van der Waals surface area contributed by atoms with Crippen molar-refractivity contribution < 1.29 is 18.0 Å². The second-order valence-electron chi connectivity index (χ2n) is 7.35. The number of nitrogens with one attached hydrogen (secondary N) is 2. The third-order valence-corrected chi connectivity index (χ3v) is 7.85. The van der Waals surface area contributed by atoms with Crippen molar-refractivity contribution in [2.75, 3.05) is 19.3 Å². The highest BCUT2D eigenvalue weighted by atomic mass is 32.2. The molecule has 27 heavy (non-hydrogen) atoms. The highest BCUT2D eigenvalue weighted by molar-refractivity contribution is 7.88. The number of thiophene rings is 1. The Hall–Kier alpha value is -1.45. The number of sulfonamides is 1. The Labute approximate surface area is 164 Å². The summed E-state index contributed by atoms with van der Waals surface area (Å²) >= 11 is 1.52. The minimum atomic E-state index is -3.21. The topological polar surface area (TPSA) is 95.6 Å². The third kappa shape index (κ3) is 5.30. The van der Waals surface area contributed by atoms with Gasteiger partial charge in [0.15, 0.2) is 0 Å². The van der Waals surface area contributed by atoms with Crippen LogP contribution in [0.4, 0.5) is 0 Å². The molecule has 0 spiro atoms. The maximum atomic E-state index is 12.4. The van der Waals surface area contributed by atoms with Crippen LogP contribution < -0.4 is 10.9 Å². The van der Waals surface area contributed by atoms with E-state index in [1.807, 2.05) is 6.07 Å². The summed E-state index contributed by atoms with van der Waals surface area (Å²) in [6.45, 7) is 0.672. The summed E-state index contributed by atoms with van der Waals surface area (Å²) in [6, 6.07) is 1.96. The van der Waals surface area contributed by atoms with Crippen molar-refractivity contribution in [3.8, 4) is 0 Å². The van der Waals surface area contributed by atoms with Gasteiger partial charge in [-0.05, 0) is 50.2 Å². The molecular formula is C18H27N3O4S2. The van der Waals surface area contributed by atoms with Crippen molar-refractivity contribution in [2.24, 2.45) is 5.92 Å². The van der Waals surface area contributed by atoms with Crippen LogP contribution in [0.5, 0.6) is 0 Å². The van der Waals surface area contributed by atoms with Gasteiger partial charge in [0.2, 0.25) is 15.9 Å². The van der Waals surface area contributed by atoms with E-state index in [2.05, 4.69) is 10.9 Å². The lowest BCUT2D eigenvalue weighted by Crippen LogP contribution is -2.47. The fraction of sp³-hybridized carbons (Fsp3) is 0.667. The van der Waals surface area contributed by atoms with Crippen LogP contribution in [0.3, 0.4) is 0 Å². The van der Waals surface area contributed by atoms with Gasteiger partial charge in [-0.2, -0.15) is 0 Å². The molecule has 1 fully saturated rings. The molecule has 2 heterocycles. The van der Waals surface area contributed by atoms with Gasteiger partial charge < -0.3 is 0 Å². The van der Waals surface area contributed by atoms with Gasteiger partial charge in [-0.3, -0.25) is 20.4 Å². The Morgan fingerprint density at radius 1 is 1.07 bits per heavy atom. The molecule has 7 nitrogen and oxygen atoms in total. The van der Waals surface area contributed by atoms with Crippen LogP contribution in [-0.2, 0) is 27.7 Å². The Kier molecular flexibility index (Phi) is 6.54. The number of carbonyl (C=O) groups is 2. The lowest BCUT2D eigenvalue weighted by Gasteiger charge is -2.29. The molecule has 1 aromatic rings. The molecule has 2 amide bonds. The molecule has 0 saturated carbocycles. The Morgan fingerprint density at radius 2 is 1.74 bits per heavy atom. The van der Waals surface area contributed by atoms with E-state index >= 15 is 0 Å². The molecule has 0 bridgehead atoms. The average Bonchev–Trinajstić information content (AvgIpc) is 3.01. The van der Waals surface area contributed by atoms with Crippen LogP contribution in [0.25, 0.3) is 0 Å². The fourth-order valence-electron chi connectivity index (χ4n) is 3.69. The molecule has 2 N–H and O–H groups in total. The first-order valence-electron chi connectivity index (χ1n) is 9.51. The van der Waals surface area contributed by atoms with Crippen molar-refractivity contribution in [3.63, 3.8) is 0 Å². The predicted octanol–water partition coefficient (Wildman–Crippen LogP) is 1.84. The molecular weight excluding hydrogens is 386 g/mol. The van der Waals surface area contributed by atoms with E-state index in [-0.39, 0.29) is 17.7 Å². The predicted molar refractivity (Wildman–Crippen MR) is 105 cm³/mol. The first kappa shape index (κ1) is 20.3. The zero-order valence-corrected chi connectivity index (χ0v) is 17.3. The van der Waals surface area contributed by atoms with Crippen molar-refractivity contribution in [2.45, 2.75) is 51.4 Å². The average molecular weight is 414 g/mol. The van der Waals surface area contributed by atoms with Crippen LogP contribution in [0, 0.1) is 5.92 Å². The van der Waals surface area contributed by atoms with Gasteiger partial charge in [0.1, 0.15) is 0 Å². The number of piperidine rings is 1. The maximum absolute atomic E-state index is 12.4. The summed E-state index contributed by atoms with van der Waals surface area (Å²) in [5.74, 6) is -0.827. The molecule has 9 heteroatoms. The van der Waals surface area contributed by atoms with Crippen LogP contribution in [0.15, 0.2) is 6.07 Å². The molecule has 1 aromatic heterocycles. The lowest BCUT2D eigenvalue weighted by molar-refractivity contribution is -0.126. The standard InChI is InChI=1S/C18H27N3O4S2/c1-27(24,25)21-10-8-13(9-11-21)17(22)19-20-18(23)16-12-14-6-4-2-3-5-7-15(14)26-16/h12-13H,2-11H2,1H3,(H,19,22)(H,20,23). The number of fused-ring (bicyclic) bond motifs is 1. The summed E-state index contributed by atoms with van der Waals surface area (Å²) in [4.78, 5) is 26.6. The largest absolute Gasteiger partial charge is 0.279 e. The number of hydrazine groups is 1. The smallest absolute Gasteiger partial charge is 0.273 e. The lowest BCUT2D eigenvalue weighted by atomic mass is 9.98. The van der Waals surface area contributed by atoms with Gasteiger partial charge >= 0.3 is 0 Å². The van der Waals surface area contributed by atoms with Gasteiger partial charge in [-0.15, -0.1) is 11.3 Å².